The van der Waals surface area contributed by atoms with Gasteiger partial charge in [0.15, 0.2) is 0 Å². The maximum absolute atomic E-state index is 11.9. The van der Waals surface area contributed by atoms with Gasteiger partial charge in [-0.2, -0.15) is 0 Å². The Morgan fingerprint density at radius 2 is 1.94 bits per heavy atom. The summed E-state index contributed by atoms with van der Waals surface area (Å²) in [6, 6.07) is -0.955. The van der Waals surface area contributed by atoms with E-state index in [0.29, 0.717) is 12.8 Å². The maximum atomic E-state index is 11.9. The highest BCUT2D eigenvalue weighted by Gasteiger charge is 2.32. The van der Waals surface area contributed by atoms with Gasteiger partial charge in [-0.05, 0) is 12.8 Å². The summed E-state index contributed by atoms with van der Waals surface area (Å²) in [7, 11) is 1.48. The quantitative estimate of drug-likeness (QED) is 0.564. The number of methoxy groups -OCH3 is 1. The number of hydrogen-bond acceptors (Lipinski definition) is 4. The predicted octanol–water partition coefficient (Wildman–Crippen LogP) is 0.110. The number of aliphatic carboxylic acids is 1. The van der Waals surface area contributed by atoms with E-state index in [-0.39, 0.29) is 13.0 Å². The number of carboxylic acids is 1. The Labute approximate surface area is 102 Å². The van der Waals surface area contributed by atoms with Crippen LogP contribution in [-0.2, 0) is 14.3 Å². The van der Waals surface area contributed by atoms with Gasteiger partial charge in [-0.25, -0.2) is 4.79 Å². The number of carbonyl (C=O) groups is 2. The molecule has 17 heavy (non-hydrogen) atoms. The molecule has 0 aliphatic rings. The monoisotopic (exact) mass is 246 g/mol. The van der Waals surface area contributed by atoms with Crippen LogP contribution in [0, 0.1) is 0 Å². The van der Waals surface area contributed by atoms with Crippen molar-refractivity contribution in [3.05, 3.63) is 0 Å². The first-order valence-electron chi connectivity index (χ1n) is 5.72. The van der Waals surface area contributed by atoms with E-state index >= 15 is 0 Å². The molecule has 4 N–H and O–H groups in total. The Kier molecular flexibility index (Phi) is 6.75. The van der Waals surface area contributed by atoms with Crippen LogP contribution in [0.2, 0.25) is 0 Å². The fourth-order valence-corrected chi connectivity index (χ4v) is 1.37. The number of hydrogen-bond donors (Lipinski definition) is 3. The molecule has 0 aliphatic heterocycles. The molecule has 6 nitrogen and oxygen atoms in total. The highest BCUT2D eigenvalue weighted by molar-refractivity contribution is 5.89. The van der Waals surface area contributed by atoms with E-state index < -0.39 is 23.5 Å². The summed E-state index contributed by atoms with van der Waals surface area (Å²) in [6.45, 7) is 3.87. The van der Waals surface area contributed by atoms with Crippen LogP contribution in [0.5, 0.6) is 0 Å². The molecule has 0 saturated heterocycles. The summed E-state index contributed by atoms with van der Waals surface area (Å²) >= 11 is 0. The first-order valence-corrected chi connectivity index (χ1v) is 5.72. The van der Waals surface area contributed by atoms with Crippen molar-refractivity contribution in [2.24, 2.45) is 5.73 Å². The average Bonchev–Trinajstić information content (AvgIpc) is 2.32. The highest BCUT2D eigenvalue weighted by atomic mass is 16.5. The largest absolute Gasteiger partial charge is 0.480 e. The molecule has 0 saturated carbocycles. The number of rotatable bonds is 8. The van der Waals surface area contributed by atoms with Crippen LogP contribution in [0.25, 0.3) is 0 Å². The zero-order valence-corrected chi connectivity index (χ0v) is 10.7. The van der Waals surface area contributed by atoms with E-state index in [1.54, 1.807) is 13.8 Å². The van der Waals surface area contributed by atoms with Crippen molar-refractivity contribution in [2.45, 2.75) is 44.7 Å². The van der Waals surface area contributed by atoms with E-state index in [0.717, 1.165) is 0 Å². The lowest BCUT2D eigenvalue weighted by atomic mass is 9.92. The molecule has 6 heteroatoms. The highest BCUT2D eigenvalue weighted by Crippen LogP contribution is 2.11. The van der Waals surface area contributed by atoms with Crippen molar-refractivity contribution in [2.75, 3.05) is 13.7 Å². The van der Waals surface area contributed by atoms with Gasteiger partial charge in [0.2, 0.25) is 5.91 Å². The maximum Gasteiger partial charge on any atom is 0.326 e. The van der Waals surface area contributed by atoms with Crippen molar-refractivity contribution in [1.82, 2.24) is 5.32 Å². The Morgan fingerprint density at radius 1 is 1.41 bits per heavy atom. The van der Waals surface area contributed by atoms with E-state index in [1.807, 2.05) is 0 Å². The van der Waals surface area contributed by atoms with Crippen molar-refractivity contribution in [3.63, 3.8) is 0 Å². The summed E-state index contributed by atoms with van der Waals surface area (Å²) in [5.41, 5.74) is 4.88. The number of nitrogens with two attached hydrogens (primary N) is 1. The minimum atomic E-state index is -1.08. The molecule has 0 aromatic carbocycles. The molecule has 0 radical (unpaired) electrons. The second kappa shape index (κ2) is 7.24. The van der Waals surface area contributed by atoms with E-state index in [4.69, 9.17) is 15.6 Å². The zero-order chi connectivity index (χ0) is 13.5. The zero-order valence-electron chi connectivity index (χ0n) is 10.7. The first-order chi connectivity index (χ1) is 7.91. The van der Waals surface area contributed by atoms with E-state index in [2.05, 4.69) is 5.32 Å². The summed E-state index contributed by atoms with van der Waals surface area (Å²) < 4.78 is 4.80. The molecule has 100 valence electrons. The molecular formula is C11H22N2O4. The Balaban J connectivity index is 4.54. The molecule has 1 unspecified atom stereocenters. The average molecular weight is 246 g/mol. The fraction of sp³-hybridized carbons (Fsp3) is 0.818. The lowest BCUT2D eigenvalue weighted by Crippen LogP contribution is -2.57. The van der Waals surface area contributed by atoms with Crippen molar-refractivity contribution in [1.29, 1.82) is 0 Å². The van der Waals surface area contributed by atoms with Crippen LogP contribution < -0.4 is 11.1 Å². The number of nitrogens with one attached hydrogen (secondary N) is 1. The lowest BCUT2D eigenvalue weighted by Gasteiger charge is -2.27. The van der Waals surface area contributed by atoms with E-state index in [9.17, 15) is 9.59 Å². The molecule has 0 aromatic heterocycles. The number of amides is 1. The van der Waals surface area contributed by atoms with E-state index in [1.165, 1.54) is 7.11 Å². The van der Waals surface area contributed by atoms with Gasteiger partial charge in [0.05, 0.1) is 5.54 Å². The standard InChI is InChI=1S/C11H22N2O4/c1-4-11(12,5-2)10(16)13-8(9(14)15)6-7-17-3/h8H,4-7,12H2,1-3H3,(H,13,16)(H,14,15). The molecule has 0 aromatic rings. The molecule has 1 amide bonds. The van der Waals surface area contributed by atoms with Crippen molar-refractivity contribution >= 4 is 11.9 Å². The van der Waals surface area contributed by atoms with Crippen LogP contribution in [0.4, 0.5) is 0 Å². The predicted molar refractivity (Wildman–Crippen MR) is 63.6 cm³/mol. The molecule has 1 atom stereocenters. The number of carboxylic acid groups (broad SMARTS) is 1. The normalized spacial score (nSPS) is 13.2. The molecule has 0 bridgehead atoms. The van der Waals surface area contributed by atoms with Crippen LogP contribution >= 0.6 is 0 Å². The summed E-state index contributed by atoms with van der Waals surface area (Å²) in [5, 5.41) is 11.4. The molecular weight excluding hydrogens is 224 g/mol. The Hall–Kier alpha value is -1.14. The summed E-state index contributed by atoms with van der Waals surface area (Å²) in [5.74, 6) is -1.50. The Morgan fingerprint density at radius 3 is 2.29 bits per heavy atom. The smallest absolute Gasteiger partial charge is 0.326 e. The SMILES string of the molecule is CCC(N)(CC)C(=O)NC(CCOC)C(=O)O. The van der Waals surface area contributed by atoms with Crippen LogP contribution in [-0.4, -0.2) is 42.3 Å². The third-order valence-corrected chi connectivity index (χ3v) is 2.93. The van der Waals surface area contributed by atoms with Gasteiger partial charge < -0.3 is 20.9 Å². The number of carbonyl (C=O) groups excluding carboxylic acids is 1. The lowest BCUT2D eigenvalue weighted by molar-refractivity contribution is -0.143. The number of ether oxygens (including phenoxy) is 1. The minimum Gasteiger partial charge on any atom is -0.480 e. The third-order valence-electron chi connectivity index (χ3n) is 2.93. The van der Waals surface area contributed by atoms with Crippen LogP contribution in [0.15, 0.2) is 0 Å². The van der Waals surface area contributed by atoms with Gasteiger partial charge in [0, 0.05) is 20.1 Å². The summed E-state index contributed by atoms with van der Waals surface area (Å²) in [6.07, 6.45) is 1.15. The summed E-state index contributed by atoms with van der Waals surface area (Å²) in [4.78, 5) is 22.8. The van der Waals surface area contributed by atoms with Crippen LogP contribution in [0.3, 0.4) is 0 Å². The minimum absolute atomic E-state index is 0.223. The first kappa shape index (κ1) is 15.9. The molecule has 0 spiro atoms. The van der Waals surface area contributed by atoms with Gasteiger partial charge >= 0.3 is 5.97 Å². The third kappa shape index (κ3) is 4.70. The Bertz CT molecular complexity index is 264. The second-order valence-electron chi connectivity index (χ2n) is 4.01. The fourth-order valence-electron chi connectivity index (χ4n) is 1.37. The van der Waals surface area contributed by atoms with Crippen LogP contribution in [0.1, 0.15) is 33.1 Å². The van der Waals surface area contributed by atoms with Crippen molar-refractivity contribution < 1.29 is 19.4 Å². The molecule has 0 aliphatic carbocycles. The van der Waals surface area contributed by atoms with Gasteiger partial charge in [0.1, 0.15) is 6.04 Å². The topological polar surface area (TPSA) is 102 Å². The molecule has 0 rings (SSSR count). The molecule has 0 heterocycles. The van der Waals surface area contributed by atoms with Gasteiger partial charge in [-0.15, -0.1) is 0 Å². The van der Waals surface area contributed by atoms with Crippen molar-refractivity contribution in [3.8, 4) is 0 Å². The van der Waals surface area contributed by atoms with Gasteiger partial charge in [-0.3, -0.25) is 4.79 Å². The molecule has 0 fully saturated rings. The van der Waals surface area contributed by atoms with Gasteiger partial charge in [0.25, 0.3) is 0 Å². The van der Waals surface area contributed by atoms with Gasteiger partial charge in [-0.1, -0.05) is 13.8 Å². The second-order valence-corrected chi connectivity index (χ2v) is 4.01.